The fourth-order valence-electron chi connectivity index (χ4n) is 2.23. The van der Waals surface area contributed by atoms with E-state index in [0.29, 0.717) is 32.6 Å². The second kappa shape index (κ2) is 5.49. The van der Waals surface area contributed by atoms with Crippen molar-refractivity contribution in [1.82, 2.24) is 9.78 Å². The second-order valence-electron chi connectivity index (χ2n) is 4.58. The van der Waals surface area contributed by atoms with Crippen molar-refractivity contribution >= 4 is 11.7 Å². The van der Waals surface area contributed by atoms with Crippen molar-refractivity contribution < 1.29 is 9.53 Å². The third kappa shape index (κ3) is 2.39. The molecule has 2 rings (SSSR count). The number of carbonyl (C=O) groups is 1. The summed E-state index contributed by atoms with van der Waals surface area (Å²) >= 11 is 0. The minimum Gasteiger partial charge on any atom is -0.381 e. The maximum Gasteiger partial charge on any atom is 0.233 e. The average molecular weight is 252 g/mol. The summed E-state index contributed by atoms with van der Waals surface area (Å²) in [5, 5.41) is 7.06. The highest BCUT2D eigenvalue weighted by Crippen LogP contribution is 2.30. The molecule has 100 valence electrons. The van der Waals surface area contributed by atoms with E-state index < -0.39 is 5.41 Å². The fraction of sp³-hybridized carbons (Fsp3) is 0.667. The molecule has 1 aliphatic rings. The van der Waals surface area contributed by atoms with Crippen LogP contribution in [0.1, 0.15) is 19.8 Å². The number of aromatic nitrogens is 2. The first-order valence-corrected chi connectivity index (χ1v) is 6.33. The molecule has 0 bridgehead atoms. The Morgan fingerprint density at radius 3 is 2.94 bits per heavy atom. The molecule has 0 radical (unpaired) electrons. The largest absolute Gasteiger partial charge is 0.381 e. The van der Waals surface area contributed by atoms with Gasteiger partial charge in [-0.1, -0.05) is 0 Å². The predicted octanol–water partition coefficient (Wildman–Crippen LogP) is 0.597. The number of carbonyl (C=O) groups excluding carboxylic acids is 1. The highest BCUT2D eigenvalue weighted by atomic mass is 16.5. The zero-order valence-electron chi connectivity index (χ0n) is 10.7. The van der Waals surface area contributed by atoms with Crippen LogP contribution in [0.25, 0.3) is 0 Å². The van der Waals surface area contributed by atoms with Gasteiger partial charge in [0.25, 0.3) is 0 Å². The first kappa shape index (κ1) is 13.0. The molecular weight excluding hydrogens is 232 g/mol. The smallest absolute Gasteiger partial charge is 0.233 e. The standard InChI is InChI=1S/C12H20N4O2/c1-2-16-10(3-6-14-16)15-11(17)12(9-13)4-7-18-8-5-12/h3,6H,2,4-5,7-9,13H2,1H3,(H,15,17). The van der Waals surface area contributed by atoms with Crippen LogP contribution in [0.15, 0.2) is 12.3 Å². The lowest BCUT2D eigenvalue weighted by Gasteiger charge is -2.34. The van der Waals surface area contributed by atoms with Crippen LogP contribution in [0.3, 0.4) is 0 Å². The maximum atomic E-state index is 12.4. The lowest BCUT2D eigenvalue weighted by Crippen LogP contribution is -2.46. The molecule has 0 atom stereocenters. The van der Waals surface area contributed by atoms with Crippen molar-refractivity contribution in [2.75, 3.05) is 25.1 Å². The number of aryl methyl sites for hydroxylation is 1. The van der Waals surface area contributed by atoms with Crippen LogP contribution in [0.5, 0.6) is 0 Å². The third-order valence-electron chi connectivity index (χ3n) is 3.58. The minimum atomic E-state index is -0.499. The monoisotopic (exact) mass is 252 g/mol. The van der Waals surface area contributed by atoms with Crippen LogP contribution in [-0.2, 0) is 16.1 Å². The number of hydrogen-bond donors (Lipinski definition) is 2. The molecule has 0 unspecified atom stereocenters. The topological polar surface area (TPSA) is 82.2 Å². The van der Waals surface area contributed by atoms with E-state index in [1.807, 2.05) is 6.92 Å². The van der Waals surface area contributed by atoms with Crippen molar-refractivity contribution in [1.29, 1.82) is 0 Å². The molecule has 3 N–H and O–H groups in total. The van der Waals surface area contributed by atoms with E-state index in [-0.39, 0.29) is 5.91 Å². The summed E-state index contributed by atoms with van der Waals surface area (Å²) in [7, 11) is 0. The number of amides is 1. The van der Waals surface area contributed by atoms with Crippen molar-refractivity contribution in [3.63, 3.8) is 0 Å². The summed E-state index contributed by atoms with van der Waals surface area (Å²) in [6.45, 7) is 4.24. The molecular formula is C12H20N4O2. The van der Waals surface area contributed by atoms with Gasteiger partial charge in [0.05, 0.1) is 11.6 Å². The Morgan fingerprint density at radius 2 is 2.33 bits per heavy atom. The SMILES string of the molecule is CCn1nccc1NC(=O)C1(CN)CCOCC1. The summed E-state index contributed by atoms with van der Waals surface area (Å²) < 4.78 is 7.06. The number of ether oxygens (including phenoxy) is 1. The van der Waals surface area contributed by atoms with Crippen LogP contribution in [0, 0.1) is 5.41 Å². The number of anilines is 1. The zero-order chi connectivity index (χ0) is 13.0. The van der Waals surface area contributed by atoms with Crippen molar-refractivity contribution in [3.8, 4) is 0 Å². The van der Waals surface area contributed by atoms with Gasteiger partial charge in [0.1, 0.15) is 5.82 Å². The predicted molar refractivity (Wildman–Crippen MR) is 68.1 cm³/mol. The molecule has 0 aromatic carbocycles. The quantitative estimate of drug-likeness (QED) is 0.822. The second-order valence-corrected chi connectivity index (χ2v) is 4.58. The van der Waals surface area contributed by atoms with E-state index >= 15 is 0 Å². The number of nitrogens with two attached hydrogens (primary N) is 1. The van der Waals surface area contributed by atoms with Gasteiger partial charge in [-0.25, -0.2) is 4.68 Å². The van der Waals surface area contributed by atoms with Gasteiger partial charge in [-0.15, -0.1) is 0 Å². The van der Waals surface area contributed by atoms with E-state index in [9.17, 15) is 4.79 Å². The van der Waals surface area contributed by atoms with E-state index in [4.69, 9.17) is 10.5 Å². The molecule has 1 saturated heterocycles. The Morgan fingerprint density at radius 1 is 1.61 bits per heavy atom. The average Bonchev–Trinajstić information content (AvgIpc) is 2.86. The molecule has 18 heavy (non-hydrogen) atoms. The molecule has 6 nitrogen and oxygen atoms in total. The summed E-state index contributed by atoms with van der Waals surface area (Å²) in [6, 6.07) is 1.80. The van der Waals surface area contributed by atoms with Crippen LogP contribution in [0.4, 0.5) is 5.82 Å². The Labute approximate surface area is 106 Å². The van der Waals surface area contributed by atoms with E-state index in [1.165, 1.54) is 0 Å². The lowest BCUT2D eigenvalue weighted by molar-refractivity contribution is -0.130. The van der Waals surface area contributed by atoms with Gasteiger partial charge in [0.15, 0.2) is 0 Å². The Bertz CT molecular complexity index is 410. The summed E-state index contributed by atoms with van der Waals surface area (Å²) in [5.41, 5.74) is 5.30. The van der Waals surface area contributed by atoms with Crippen LogP contribution < -0.4 is 11.1 Å². The van der Waals surface area contributed by atoms with Crippen molar-refractivity contribution in [2.45, 2.75) is 26.3 Å². The number of nitrogens with zero attached hydrogens (tertiary/aromatic N) is 2. The molecule has 1 aliphatic heterocycles. The Kier molecular flexibility index (Phi) is 3.98. The summed E-state index contributed by atoms with van der Waals surface area (Å²) in [5.74, 6) is 0.699. The molecule has 1 amide bonds. The number of nitrogens with one attached hydrogen (secondary N) is 1. The van der Waals surface area contributed by atoms with Crippen LogP contribution >= 0.6 is 0 Å². The third-order valence-corrected chi connectivity index (χ3v) is 3.58. The van der Waals surface area contributed by atoms with Gasteiger partial charge in [0, 0.05) is 32.4 Å². The Hall–Kier alpha value is -1.40. The van der Waals surface area contributed by atoms with Gasteiger partial charge in [-0.2, -0.15) is 5.10 Å². The van der Waals surface area contributed by atoms with E-state index in [2.05, 4.69) is 10.4 Å². The fourth-order valence-corrected chi connectivity index (χ4v) is 2.23. The molecule has 0 saturated carbocycles. The highest BCUT2D eigenvalue weighted by molar-refractivity contribution is 5.94. The van der Waals surface area contributed by atoms with Gasteiger partial charge < -0.3 is 15.8 Å². The lowest BCUT2D eigenvalue weighted by atomic mass is 9.79. The molecule has 6 heteroatoms. The van der Waals surface area contributed by atoms with Crippen LogP contribution in [0.2, 0.25) is 0 Å². The van der Waals surface area contributed by atoms with E-state index in [1.54, 1.807) is 16.9 Å². The molecule has 1 aromatic rings. The molecule has 2 heterocycles. The molecule has 0 spiro atoms. The molecule has 1 aromatic heterocycles. The molecule has 1 fully saturated rings. The van der Waals surface area contributed by atoms with Gasteiger partial charge in [0.2, 0.25) is 5.91 Å². The normalized spacial score (nSPS) is 18.6. The number of hydrogen-bond acceptors (Lipinski definition) is 4. The summed E-state index contributed by atoms with van der Waals surface area (Å²) in [4.78, 5) is 12.4. The first-order valence-electron chi connectivity index (χ1n) is 6.33. The summed E-state index contributed by atoms with van der Waals surface area (Å²) in [6.07, 6.45) is 3.03. The van der Waals surface area contributed by atoms with Gasteiger partial charge in [-0.05, 0) is 19.8 Å². The Balaban J connectivity index is 2.10. The number of rotatable bonds is 4. The minimum absolute atomic E-state index is 0.0245. The van der Waals surface area contributed by atoms with Gasteiger partial charge >= 0.3 is 0 Å². The zero-order valence-corrected chi connectivity index (χ0v) is 10.7. The molecule has 0 aliphatic carbocycles. The maximum absolute atomic E-state index is 12.4. The highest BCUT2D eigenvalue weighted by Gasteiger charge is 2.39. The first-order chi connectivity index (χ1) is 8.72. The van der Waals surface area contributed by atoms with Crippen molar-refractivity contribution in [2.24, 2.45) is 11.1 Å². The van der Waals surface area contributed by atoms with Crippen molar-refractivity contribution in [3.05, 3.63) is 12.3 Å². The van der Waals surface area contributed by atoms with Crippen LogP contribution in [-0.4, -0.2) is 35.4 Å². The van der Waals surface area contributed by atoms with E-state index in [0.717, 1.165) is 12.4 Å². The van der Waals surface area contributed by atoms with Gasteiger partial charge in [-0.3, -0.25) is 4.79 Å².